The fraction of sp³-hybridized carbons (Fsp3) is 0.222. The highest BCUT2D eigenvalue weighted by atomic mass is 19.4. The molecule has 2 aromatic carbocycles. The molecule has 1 aromatic heterocycles. The molecule has 0 unspecified atom stereocenters. The molecule has 0 radical (unpaired) electrons. The molecular formula is C18H17F3N4O. The number of ether oxygens (including phenoxy) is 1. The van der Waals surface area contributed by atoms with E-state index in [0.29, 0.717) is 11.5 Å². The van der Waals surface area contributed by atoms with E-state index in [1.165, 1.54) is 40.8 Å². The Morgan fingerprint density at radius 3 is 2.58 bits per heavy atom. The van der Waals surface area contributed by atoms with Gasteiger partial charge in [0.15, 0.2) is 5.82 Å². The first-order valence-corrected chi connectivity index (χ1v) is 7.96. The van der Waals surface area contributed by atoms with Crippen molar-refractivity contribution in [2.24, 2.45) is 0 Å². The number of likely N-dealkylation sites (N-methyl/N-ethyl adjacent to an activating group) is 1. The van der Waals surface area contributed by atoms with Crippen LogP contribution in [-0.2, 0) is 6.42 Å². The van der Waals surface area contributed by atoms with Crippen LogP contribution in [0.2, 0.25) is 0 Å². The maximum absolute atomic E-state index is 12.2. The van der Waals surface area contributed by atoms with Gasteiger partial charge in [0.1, 0.15) is 12.1 Å². The number of hydrogen-bond acceptors (Lipinski definition) is 4. The average molecular weight is 362 g/mol. The van der Waals surface area contributed by atoms with Crippen LogP contribution >= 0.6 is 0 Å². The normalized spacial score (nSPS) is 11.5. The molecule has 1 heterocycles. The maximum atomic E-state index is 12.2. The van der Waals surface area contributed by atoms with Crippen molar-refractivity contribution in [2.45, 2.75) is 12.8 Å². The summed E-state index contributed by atoms with van der Waals surface area (Å²) in [5.41, 5.74) is 2.64. The number of aromatic nitrogens is 3. The van der Waals surface area contributed by atoms with Crippen molar-refractivity contribution in [1.82, 2.24) is 20.1 Å². The standard InChI is InChI=1S/C18H17F3N4O/c1-22-10-9-13-3-2-4-14(11-13)17-23-12-25(24-17)15-5-7-16(8-6-15)26-18(19,20)21/h2-8,11-12,22H,9-10H2,1H3. The number of rotatable bonds is 6. The summed E-state index contributed by atoms with van der Waals surface area (Å²) in [6, 6.07) is 13.4. The molecule has 0 atom stereocenters. The van der Waals surface area contributed by atoms with Crippen molar-refractivity contribution in [2.75, 3.05) is 13.6 Å². The summed E-state index contributed by atoms with van der Waals surface area (Å²) in [6.07, 6.45) is -2.29. The zero-order chi connectivity index (χ0) is 18.6. The second-order valence-electron chi connectivity index (χ2n) is 5.61. The second kappa shape index (κ2) is 7.57. The largest absolute Gasteiger partial charge is 0.573 e. The molecule has 0 saturated carbocycles. The molecule has 0 aliphatic heterocycles. The lowest BCUT2D eigenvalue weighted by Crippen LogP contribution is -2.17. The van der Waals surface area contributed by atoms with E-state index in [2.05, 4.69) is 20.1 Å². The van der Waals surface area contributed by atoms with E-state index in [4.69, 9.17) is 0 Å². The van der Waals surface area contributed by atoms with E-state index >= 15 is 0 Å². The number of nitrogens with one attached hydrogen (secondary N) is 1. The van der Waals surface area contributed by atoms with Gasteiger partial charge in [0.2, 0.25) is 0 Å². The van der Waals surface area contributed by atoms with E-state index in [0.717, 1.165) is 18.5 Å². The molecule has 0 aliphatic rings. The first kappa shape index (κ1) is 17.9. The van der Waals surface area contributed by atoms with Crippen LogP contribution in [0.25, 0.3) is 17.1 Å². The van der Waals surface area contributed by atoms with E-state index in [-0.39, 0.29) is 5.75 Å². The van der Waals surface area contributed by atoms with Crippen molar-refractivity contribution < 1.29 is 17.9 Å². The van der Waals surface area contributed by atoms with Crippen LogP contribution in [0, 0.1) is 0 Å². The molecule has 26 heavy (non-hydrogen) atoms. The average Bonchev–Trinajstić information content (AvgIpc) is 3.10. The van der Waals surface area contributed by atoms with Gasteiger partial charge in [-0.2, -0.15) is 0 Å². The Morgan fingerprint density at radius 2 is 1.88 bits per heavy atom. The molecule has 0 fully saturated rings. The third-order valence-corrected chi connectivity index (χ3v) is 3.68. The SMILES string of the molecule is CNCCc1cccc(-c2ncn(-c3ccc(OC(F)(F)F)cc3)n2)c1. The number of alkyl halides is 3. The van der Waals surface area contributed by atoms with Crippen molar-refractivity contribution in [3.8, 4) is 22.8 Å². The van der Waals surface area contributed by atoms with Crippen LogP contribution in [0.5, 0.6) is 5.75 Å². The van der Waals surface area contributed by atoms with Gasteiger partial charge in [0.25, 0.3) is 0 Å². The molecule has 0 aliphatic carbocycles. The Morgan fingerprint density at radius 1 is 1.12 bits per heavy atom. The number of benzene rings is 2. The molecule has 0 spiro atoms. The van der Waals surface area contributed by atoms with Crippen molar-refractivity contribution in [1.29, 1.82) is 0 Å². The highest BCUT2D eigenvalue weighted by molar-refractivity contribution is 5.56. The zero-order valence-electron chi connectivity index (χ0n) is 14.0. The Bertz CT molecular complexity index is 859. The zero-order valence-corrected chi connectivity index (χ0v) is 14.0. The quantitative estimate of drug-likeness (QED) is 0.728. The lowest BCUT2D eigenvalue weighted by atomic mass is 10.1. The first-order valence-electron chi connectivity index (χ1n) is 7.96. The summed E-state index contributed by atoms with van der Waals surface area (Å²) in [4.78, 5) is 4.29. The highest BCUT2D eigenvalue weighted by Gasteiger charge is 2.30. The van der Waals surface area contributed by atoms with Gasteiger partial charge in [0, 0.05) is 5.56 Å². The lowest BCUT2D eigenvalue weighted by molar-refractivity contribution is -0.274. The van der Waals surface area contributed by atoms with Gasteiger partial charge in [-0.3, -0.25) is 0 Å². The van der Waals surface area contributed by atoms with E-state index in [1.807, 2.05) is 31.3 Å². The molecule has 1 N–H and O–H groups in total. The number of nitrogens with zero attached hydrogens (tertiary/aromatic N) is 3. The minimum Gasteiger partial charge on any atom is -0.406 e. The monoisotopic (exact) mass is 362 g/mol. The van der Waals surface area contributed by atoms with E-state index in [9.17, 15) is 13.2 Å². The summed E-state index contributed by atoms with van der Waals surface area (Å²) < 4.78 is 42.0. The van der Waals surface area contributed by atoms with Gasteiger partial charge in [0.05, 0.1) is 5.69 Å². The summed E-state index contributed by atoms with van der Waals surface area (Å²) in [6.45, 7) is 0.873. The molecule has 136 valence electrons. The summed E-state index contributed by atoms with van der Waals surface area (Å²) >= 11 is 0. The molecule has 0 saturated heterocycles. The van der Waals surface area contributed by atoms with Crippen LogP contribution < -0.4 is 10.1 Å². The fourth-order valence-electron chi connectivity index (χ4n) is 2.46. The molecule has 3 rings (SSSR count). The van der Waals surface area contributed by atoms with Crippen molar-refractivity contribution in [3.63, 3.8) is 0 Å². The Hall–Kier alpha value is -2.87. The summed E-state index contributed by atoms with van der Waals surface area (Å²) in [7, 11) is 1.90. The second-order valence-corrected chi connectivity index (χ2v) is 5.61. The van der Waals surface area contributed by atoms with Gasteiger partial charge < -0.3 is 10.1 Å². The minimum absolute atomic E-state index is 0.279. The van der Waals surface area contributed by atoms with Crippen molar-refractivity contribution in [3.05, 3.63) is 60.4 Å². The third-order valence-electron chi connectivity index (χ3n) is 3.68. The van der Waals surface area contributed by atoms with Crippen molar-refractivity contribution >= 4 is 0 Å². The van der Waals surface area contributed by atoms with Gasteiger partial charge in [-0.05, 0) is 55.9 Å². The van der Waals surface area contributed by atoms with Gasteiger partial charge in [-0.25, -0.2) is 9.67 Å². The van der Waals surface area contributed by atoms with E-state index < -0.39 is 6.36 Å². The molecule has 5 nitrogen and oxygen atoms in total. The smallest absolute Gasteiger partial charge is 0.406 e. The lowest BCUT2D eigenvalue weighted by Gasteiger charge is -2.09. The van der Waals surface area contributed by atoms with Crippen LogP contribution in [-0.4, -0.2) is 34.7 Å². The van der Waals surface area contributed by atoms with Crippen LogP contribution in [0.3, 0.4) is 0 Å². The van der Waals surface area contributed by atoms with Crippen LogP contribution in [0.15, 0.2) is 54.9 Å². The Kier molecular flexibility index (Phi) is 5.22. The minimum atomic E-state index is -4.71. The van der Waals surface area contributed by atoms with Gasteiger partial charge in [-0.1, -0.05) is 18.2 Å². The topological polar surface area (TPSA) is 52.0 Å². The van der Waals surface area contributed by atoms with Crippen LogP contribution in [0.1, 0.15) is 5.56 Å². The highest BCUT2D eigenvalue weighted by Crippen LogP contribution is 2.24. The van der Waals surface area contributed by atoms with Gasteiger partial charge >= 0.3 is 6.36 Å². The number of halogens is 3. The molecule has 8 heteroatoms. The molecular weight excluding hydrogens is 345 g/mol. The molecule has 3 aromatic rings. The van der Waals surface area contributed by atoms with Gasteiger partial charge in [-0.15, -0.1) is 18.3 Å². The first-order chi connectivity index (χ1) is 12.4. The number of hydrogen-bond donors (Lipinski definition) is 1. The maximum Gasteiger partial charge on any atom is 0.573 e. The Labute approximate surface area is 148 Å². The summed E-state index contributed by atoms with van der Waals surface area (Å²) in [5.74, 6) is 0.269. The Balaban J connectivity index is 1.77. The molecule has 0 amide bonds. The predicted molar refractivity (Wildman–Crippen MR) is 91.1 cm³/mol. The predicted octanol–water partition coefficient (Wildman–Crippen LogP) is 3.59. The fourth-order valence-corrected chi connectivity index (χ4v) is 2.46. The van der Waals surface area contributed by atoms with Crippen LogP contribution in [0.4, 0.5) is 13.2 Å². The van der Waals surface area contributed by atoms with E-state index in [1.54, 1.807) is 0 Å². The summed E-state index contributed by atoms with van der Waals surface area (Å²) in [5, 5.41) is 7.51. The third kappa shape index (κ3) is 4.60. The molecule has 0 bridgehead atoms.